The Labute approximate surface area is 128 Å². The third kappa shape index (κ3) is 3.80. The summed E-state index contributed by atoms with van der Waals surface area (Å²) in [5.74, 6) is -4.25. The molecular formula is C16H21F3N2O. The van der Waals surface area contributed by atoms with Gasteiger partial charge in [-0.3, -0.25) is 9.69 Å². The maximum absolute atomic E-state index is 13.7. The van der Waals surface area contributed by atoms with Crippen molar-refractivity contribution in [1.82, 2.24) is 9.80 Å². The van der Waals surface area contributed by atoms with Crippen LogP contribution in [0.5, 0.6) is 0 Å². The number of carbonyl (C=O) groups excluding carboxylic acids is 1. The van der Waals surface area contributed by atoms with Gasteiger partial charge in [-0.15, -0.1) is 0 Å². The van der Waals surface area contributed by atoms with Crippen molar-refractivity contribution < 1.29 is 18.0 Å². The van der Waals surface area contributed by atoms with E-state index >= 15 is 0 Å². The molecule has 1 amide bonds. The highest BCUT2D eigenvalue weighted by Gasteiger charge is 2.26. The molecule has 0 atom stereocenters. The van der Waals surface area contributed by atoms with Crippen LogP contribution in [0.4, 0.5) is 13.2 Å². The van der Waals surface area contributed by atoms with Crippen molar-refractivity contribution >= 4 is 5.91 Å². The second-order valence-electron chi connectivity index (χ2n) is 6.04. The van der Waals surface area contributed by atoms with Crippen LogP contribution in [0.1, 0.15) is 30.6 Å². The lowest BCUT2D eigenvalue weighted by molar-refractivity contribution is 0.0626. The average molecular weight is 314 g/mol. The van der Waals surface area contributed by atoms with Gasteiger partial charge in [0.25, 0.3) is 5.91 Å². The van der Waals surface area contributed by atoms with Crippen LogP contribution in [-0.2, 0) is 0 Å². The maximum atomic E-state index is 13.7. The van der Waals surface area contributed by atoms with Crippen LogP contribution >= 0.6 is 0 Å². The summed E-state index contributed by atoms with van der Waals surface area (Å²) < 4.78 is 39.8. The van der Waals surface area contributed by atoms with Crippen LogP contribution < -0.4 is 0 Å². The fraction of sp³-hybridized carbons (Fsp3) is 0.562. The first kappa shape index (κ1) is 16.8. The number of hydrogen-bond acceptors (Lipinski definition) is 2. The fourth-order valence-electron chi connectivity index (χ4n) is 2.48. The molecular weight excluding hydrogens is 293 g/mol. The lowest BCUT2D eigenvalue weighted by Gasteiger charge is -2.35. The second-order valence-corrected chi connectivity index (χ2v) is 6.04. The molecule has 0 saturated carbocycles. The summed E-state index contributed by atoms with van der Waals surface area (Å²) in [5, 5.41) is 0. The first-order valence-electron chi connectivity index (χ1n) is 7.55. The molecule has 0 spiro atoms. The highest BCUT2D eigenvalue weighted by Crippen LogP contribution is 2.18. The molecule has 1 aliphatic rings. The van der Waals surface area contributed by atoms with Gasteiger partial charge in [0.1, 0.15) is 0 Å². The van der Waals surface area contributed by atoms with Gasteiger partial charge >= 0.3 is 0 Å². The predicted molar refractivity (Wildman–Crippen MR) is 78.1 cm³/mol. The SMILES string of the molecule is CC(C)CCN1CCN(C(=O)c2ccc(F)c(F)c2F)CC1. The van der Waals surface area contributed by atoms with Crippen molar-refractivity contribution in [3.63, 3.8) is 0 Å². The Morgan fingerprint density at radius 2 is 1.73 bits per heavy atom. The van der Waals surface area contributed by atoms with Crippen molar-refractivity contribution in [2.24, 2.45) is 5.92 Å². The third-order valence-corrected chi connectivity index (χ3v) is 3.95. The summed E-state index contributed by atoms with van der Waals surface area (Å²) in [6.45, 7) is 7.65. The molecule has 1 fully saturated rings. The second kappa shape index (κ2) is 7.13. The summed E-state index contributed by atoms with van der Waals surface area (Å²) >= 11 is 0. The molecule has 0 aromatic heterocycles. The number of carbonyl (C=O) groups is 1. The molecule has 1 heterocycles. The molecule has 0 radical (unpaired) electrons. The molecule has 6 heteroatoms. The van der Waals surface area contributed by atoms with E-state index in [1.54, 1.807) is 0 Å². The smallest absolute Gasteiger partial charge is 0.257 e. The first-order chi connectivity index (χ1) is 10.4. The van der Waals surface area contributed by atoms with Gasteiger partial charge in [-0.25, -0.2) is 13.2 Å². The quantitative estimate of drug-likeness (QED) is 0.798. The van der Waals surface area contributed by atoms with Crippen molar-refractivity contribution in [2.75, 3.05) is 32.7 Å². The van der Waals surface area contributed by atoms with Crippen molar-refractivity contribution in [3.05, 3.63) is 35.1 Å². The van der Waals surface area contributed by atoms with E-state index in [1.165, 1.54) is 4.90 Å². The van der Waals surface area contributed by atoms with E-state index in [1.807, 2.05) is 0 Å². The summed E-state index contributed by atoms with van der Waals surface area (Å²) in [6.07, 6.45) is 1.09. The minimum Gasteiger partial charge on any atom is -0.336 e. The molecule has 1 saturated heterocycles. The maximum Gasteiger partial charge on any atom is 0.257 e. The molecule has 3 nitrogen and oxygen atoms in total. The van der Waals surface area contributed by atoms with Gasteiger partial charge in [0.2, 0.25) is 0 Å². The van der Waals surface area contributed by atoms with Gasteiger partial charge in [0.15, 0.2) is 17.5 Å². The Morgan fingerprint density at radius 1 is 1.09 bits per heavy atom. The normalized spacial score (nSPS) is 16.4. The minimum absolute atomic E-state index is 0.408. The van der Waals surface area contributed by atoms with Crippen molar-refractivity contribution in [3.8, 4) is 0 Å². The van der Waals surface area contributed by atoms with E-state index in [-0.39, 0.29) is 0 Å². The minimum atomic E-state index is -1.60. The summed E-state index contributed by atoms with van der Waals surface area (Å²) in [6, 6.07) is 1.78. The predicted octanol–water partition coefficient (Wildman–Crippen LogP) is 2.91. The number of rotatable bonds is 4. The first-order valence-corrected chi connectivity index (χ1v) is 7.55. The van der Waals surface area contributed by atoms with Gasteiger partial charge in [0, 0.05) is 26.2 Å². The number of hydrogen-bond donors (Lipinski definition) is 0. The van der Waals surface area contributed by atoms with E-state index in [9.17, 15) is 18.0 Å². The summed E-state index contributed by atoms with van der Waals surface area (Å²) in [7, 11) is 0. The van der Waals surface area contributed by atoms with Crippen LogP contribution in [0, 0.1) is 23.4 Å². The van der Waals surface area contributed by atoms with E-state index in [0.29, 0.717) is 32.1 Å². The lowest BCUT2D eigenvalue weighted by Crippen LogP contribution is -2.49. The summed E-state index contributed by atoms with van der Waals surface area (Å²) in [4.78, 5) is 16.0. The molecule has 0 bridgehead atoms. The number of benzene rings is 1. The van der Waals surface area contributed by atoms with Crippen molar-refractivity contribution in [1.29, 1.82) is 0 Å². The van der Waals surface area contributed by atoms with E-state index in [0.717, 1.165) is 25.1 Å². The van der Waals surface area contributed by atoms with Crippen LogP contribution in [0.2, 0.25) is 0 Å². The Kier molecular flexibility index (Phi) is 5.45. The third-order valence-electron chi connectivity index (χ3n) is 3.95. The van der Waals surface area contributed by atoms with E-state index in [2.05, 4.69) is 18.7 Å². The molecule has 122 valence electrons. The van der Waals surface area contributed by atoms with Crippen LogP contribution in [0.3, 0.4) is 0 Å². The molecule has 1 aromatic carbocycles. The lowest BCUT2D eigenvalue weighted by atomic mass is 10.1. The van der Waals surface area contributed by atoms with Gasteiger partial charge in [-0.05, 0) is 31.0 Å². The number of halogens is 3. The van der Waals surface area contributed by atoms with Gasteiger partial charge in [-0.2, -0.15) is 0 Å². The Bertz CT molecular complexity index is 540. The van der Waals surface area contributed by atoms with E-state index in [4.69, 9.17) is 0 Å². The molecule has 1 aromatic rings. The zero-order valence-electron chi connectivity index (χ0n) is 12.9. The van der Waals surface area contributed by atoms with Crippen molar-refractivity contribution in [2.45, 2.75) is 20.3 Å². The molecule has 1 aliphatic heterocycles. The summed E-state index contributed by atoms with van der Waals surface area (Å²) in [5.41, 5.74) is -0.408. The molecule has 2 rings (SSSR count). The average Bonchev–Trinajstić information content (AvgIpc) is 2.51. The largest absolute Gasteiger partial charge is 0.336 e. The highest BCUT2D eigenvalue weighted by molar-refractivity contribution is 5.94. The number of piperazine rings is 1. The Balaban J connectivity index is 1.97. The molecule has 0 aliphatic carbocycles. The number of amides is 1. The standard InChI is InChI=1S/C16H21F3N2O/c1-11(2)5-6-20-7-9-21(10-8-20)16(22)12-3-4-13(17)15(19)14(12)18/h3-4,11H,5-10H2,1-2H3. The van der Waals surface area contributed by atoms with Crippen LogP contribution in [-0.4, -0.2) is 48.4 Å². The van der Waals surface area contributed by atoms with Crippen LogP contribution in [0.25, 0.3) is 0 Å². The monoisotopic (exact) mass is 314 g/mol. The Hall–Kier alpha value is -1.56. The van der Waals surface area contributed by atoms with E-state index < -0.39 is 28.9 Å². The molecule has 0 N–H and O–H groups in total. The topological polar surface area (TPSA) is 23.6 Å². The van der Waals surface area contributed by atoms with Gasteiger partial charge in [-0.1, -0.05) is 13.8 Å². The zero-order valence-corrected chi connectivity index (χ0v) is 12.9. The number of nitrogens with zero attached hydrogens (tertiary/aromatic N) is 2. The fourth-order valence-corrected chi connectivity index (χ4v) is 2.48. The highest BCUT2D eigenvalue weighted by atomic mass is 19.2. The Morgan fingerprint density at radius 3 is 2.32 bits per heavy atom. The van der Waals surface area contributed by atoms with Gasteiger partial charge < -0.3 is 4.90 Å². The molecule has 22 heavy (non-hydrogen) atoms. The molecule has 0 unspecified atom stereocenters. The zero-order chi connectivity index (χ0) is 16.3. The van der Waals surface area contributed by atoms with Gasteiger partial charge in [0.05, 0.1) is 5.56 Å². The van der Waals surface area contributed by atoms with Crippen LogP contribution in [0.15, 0.2) is 12.1 Å².